The molecule has 0 unspecified atom stereocenters. The highest BCUT2D eigenvalue weighted by Gasteiger charge is 2.25. The molecule has 0 aliphatic rings. The Bertz CT molecular complexity index is 2860. The highest BCUT2D eigenvalue weighted by molar-refractivity contribution is 6.30. The molecule has 0 saturated carbocycles. The largest absolute Gasteiger partial charge is 0.454 e. The zero-order chi connectivity index (χ0) is 33.0. The molecule has 234 valence electrons. The van der Waals surface area contributed by atoms with E-state index in [9.17, 15) is 0 Å². The third-order valence-corrected chi connectivity index (χ3v) is 9.80. The SMILES string of the molecule is c1ccc(-c2ccc(N(c3ccc4ccccc4c3)c3cc4c(-c5ccccc5)nc5ccccc5c4c4c3oc3ccccc34)cc2)cc1. The lowest BCUT2D eigenvalue weighted by molar-refractivity contribution is 0.669. The van der Waals surface area contributed by atoms with Crippen LogP contribution >= 0.6 is 0 Å². The van der Waals surface area contributed by atoms with E-state index in [0.29, 0.717) is 0 Å². The van der Waals surface area contributed by atoms with Gasteiger partial charge in [0.25, 0.3) is 0 Å². The highest BCUT2D eigenvalue weighted by atomic mass is 16.3. The number of aromatic nitrogens is 1. The molecular weight excluding hydrogens is 609 g/mol. The molecule has 0 saturated heterocycles. The van der Waals surface area contributed by atoms with Crippen LogP contribution in [-0.4, -0.2) is 4.98 Å². The molecule has 10 rings (SSSR count). The number of benzene rings is 8. The van der Waals surface area contributed by atoms with E-state index in [-0.39, 0.29) is 0 Å². The Morgan fingerprint density at radius 1 is 0.420 bits per heavy atom. The van der Waals surface area contributed by atoms with Gasteiger partial charge in [0.2, 0.25) is 0 Å². The Labute approximate surface area is 289 Å². The Morgan fingerprint density at radius 3 is 1.84 bits per heavy atom. The fourth-order valence-electron chi connectivity index (χ4n) is 7.47. The first-order valence-electron chi connectivity index (χ1n) is 17.0. The van der Waals surface area contributed by atoms with E-state index in [1.165, 1.54) is 21.9 Å². The minimum absolute atomic E-state index is 0.842. The third kappa shape index (κ3) is 4.56. The molecule has 8 aromatic carbocycles. The maximum atomic E-state index is 6.93. The second-order valence-corrected chi connectivity index (χ2v) is 12.7. The van der Waals surface area contributed by atoms with Crippen LogP contribution in [0.2, 0.25) is 0 Å². The molecule has 3 heteroatoms. The number of para-hydroxylation sites is 2. The third-order valence-electron chi connectivity index (χ3n) is 9.80. The minimum atomic E-state index is 0.842. The Balaban J connectivity index is 1.34. The van der Waals surface area contributed by atoms with Crippen molar-refractivity contribution in [3.63, 3.8) is 0 Å². The zero-order valence-corrected chi connectivity index (χ0v) is 27.1. The molecule has 0 amide bonds. The van der Waals surface area contributed by atoms with Crippen LogP contribution in [0.1, 0.15) is 0 Å². The van der Waals surface area contributed by atoms with Crippen LogP contribution < -0.4 is 4.90 Å². The average Bonchev–Trinajstić information content (AvgIpc) is 3.58. The maximum absolute atomic E-state index is 6.93. The van der Waals surface area contributed by atoms with Crippen LogP contribution in [0.25, 0.3) is 76.8 Å². The molecule has 0 fully saturated rings. The summed E-state index contributed by atoms with van der Waals surface area (Å²) < 4.78 is 6.93. The number of fused-ring (bicyclic) bond motifs is 8. The monoisotopic (exact) mass is 638 g/mol. The van der Waals surface area contributed by atoms with Crippen LogP contribution in [0.15, 0.2) is 186 Å². The summed E-state index contributed by atoms with van der Waals surface area (Å²) in [5.41, 5.74) is 10.1. The molecule has 10 aromatic rings. The number of hydrogen-bond acceptors (Lipinski definition) is 3. The van der Waals surface area contributed by atoms with Crippen LogP contribution in [-0.2, 0) is 0 Å². The number of anilines is 3. The van der Waals surface area contributed by atoms with Gasteiger partial charge < -0.3 is 9.32 Å². The molecule has 0 radical (unpaired) electrons. The molecule has 0 N–H and O–H groups in total. The van der Waals surface area contributed by atoms with Crippen molar-refractivity contribution in [3.8, 4) is 22.4 Å². The first-order valence-corrected chi connectivity index (χ1v) is 17.0. The van der Waals surface area contributed by atoms with E-state index < -0.39 is 0 Å². The van der Waals surface area contributed by atoms with Crippen molar-refractivity contribution in [2.24, 2.45) is 0 Å². The van der Waals surface area contributed by atoms with Gasteiger partial charge in [0.1, 0.15) is 5.58 Å². The van der Waals surface area contributed by atoms with Crippen molar-refractivity contribution in [2.45, 2.75) is 0 Å². The first kappa shape index (κ1) is 28.3. The molecule has 0 atom stereocenters. The van der Waals surface area contributed by atoms with Gasteiger partial charge in [-0.3, -0.25) is 0 Å². The van der Waals surface area contributed by atoms with Crippen molar-refractivity contribution in [2.75, 3.05) is 4.90 Å². The standard InChI is InChI=1S/C47H30N2O/c1-3-13-31(14-4-1)33-23-26-36(27-24-33)49(37-28-25-32-15-7-8-18-35(32)29-37)42-30-40-44(45-39-20-10-12-22-43(39)50-47(42)45)38-19-9-11-21-41(38)48-46(40)34-16-5-2-6-17-34/h1-30H. The van der Waals surface area contributed by atoms with Crippen molar-refractivity contribution in [1.29, 1.82) is 0 Å². The van der Waals surface area contributed by atoms with Gasteiger partial charge in [0, 0.05) is 43.9 Å². The second kappa shape index (κ2) is 11.5. The molecule has 0 aliphatic heterocycles. The van der Waals surface area contributed by atoms with E-state index in [0.717, 1.165) is 71.9 Å². The van der Waals surface area contributed by atoms with Crippen molar-refractivity contribution >= 4 is 71.4 Å². The number of hydrogen-bond donors (Lipinski definition) is 0. The topological polar surface area (TPSA) is 29.3 Å². The summed E-state index contributed by atoms with van der Waals surface area (Å²) in [4.78, 5) is 7.67. The number of furan rings is 1. The summed E-state index contributed by atoms with van der Waals surface area (Å²) in [6.07, 6.45) is 0. The Hall–Kier alpha value is -6.71. The van der Waals surface area contributed by atoms with Gasteiger partial charge >= 0.3 is 0 Å². The molecule has 0 aliphatic carbocycles. The van der Waals surface area contributed by atoms with Gasteiger partial charge in [-0.1, -0.05) is 140 Å². The van der Waals surface area contributed by atoms with Crippen molar-refractivity contribution in [3.05, 3.63) is 182 Å². The minimum Gasteiger partial charge on any atom is -0.454 e. The summed E-state index contributed by atoms with van der Waals surface area (Å²) in [6.45, 7) is 0. The van der Waals surface area contributed by atoms with Crippen LogP contribution in [0.4, 0.5) is 17.1 Å². The quantitative estimate of drug-likeness (QED) is 0.176. The normalized spacial score (nSPS) is 11.6. The summed E-state index contributed by atoms with van der Waals surface area (Å²) in [5, 5.41) is 7.89. The summed E-state index contributed by atoms with van der Waals surface area (Å²) in [6, 6.07) is 64.3. The molecule has 0 spiro atoms. The maximum Gasteiger partial charge on any atom is 0.160 e. The van der Waals surface area contributed by atoms with Gasteiger partial charge in [-0.25, -0.2) is 4.98 Å². The zero-order valence-electron chi connectivity index (χ0n) is 27.1. The molecule has 2 aromatic heterocycles. The van der Waals surface area contributed by atoms with Crippen LogP contribution in [0.5, 0.6) is 0 Å². The fourth-order valence-corrected chi connectivity index (χ4v) is 7.47. The Morgan fingerprint density at radius 2 is 1.04 bits per heavy atom. The lowest BCUT2D eigenvalue weighted by Gasteiger charge is -2.27. The molecule has 50 heavy (non-hydrogen) atoms. The van der Waals surface area contributed by atoms with Crippen LogP contribution in [0.3, 0.4) is 0 Å². The fraction of sp³-hybridized carbons (Fsp3) is 0. The predicted molar refractivity (Wildman–Crippen MR) is 210 cm³/mol. The number of nitrogens with zero attached hydrogens (tertiary/aromatic N) is 2. The van der Waals surface area contributed by atoms with E-state index in [4.69, 9.17) is 9.40 Å². The average molecular weight is 639 g/mol. The Kier molecular flexibility index (Phi) is 6.49. The number of rotatable bonds is 5. The van der Waals surface area contributed by atoms with E-state index in [1.807, 2.05) is 6.07 Å². The van der Waals surface area contributed by atoms with E-state index in [2.05, 4.69) is 181 Å². The van der Waals surface area contributed by atoms with Gasteiger partial charge in [-0.05, 0) is 64.4 Å². The summed E-state index contributed by atoms with van der Waals surface area (Å²) >= 11 is 0. The van der Waals surface area contributed by atoms with Crippen LogP contribution in [0, 0.1) is 0 Å². The van der Waals surface area contributed by atoms with E-state index >= 15 is 0 Å². The predicted octanol–water partition coefficient (Wildman–Crippen LogP) is 13.2. The summed E-state index contributed by atoms with van der Waals surface area (Å²) in [5.74, 6) is 0. The van der Waals surface area contributed by atoms with Gasteiger partial charge in [0.05, 0.1) is 16.9 Å². The second-order valence-electron chi connectivity index (χ2n) is 12.7. The lowest BCUT2D eigenvalue weighted by Crippen LogP contribution is -2.10. The molecule has 3 nitrogen and oxygen atoms in total. The highest BCUT2D eigenvalue weighted by Crippen LogP contribution is 2.49. The summed E-state index contributed by atoms with van der Waals surface area (Å²) in [7, 11) is 0. The molecule has 0 bridgehead atoms. The van der Waals surface area contributed by atoms with E-state index in [1.54, 1.807) is 0 Å². The smallest absolute Gasteiger partial charge is 0.160 e. The molecule has 2 heterocycles. The van der Waals surface area contributed by atoms with Crippen molar-refractivity contribution in [1.82, 2.24) is 4.98 Å². The first-order chi connectivity index (χ1) is 24.8. The van der Waals surface area contributed by atoms with Crippen molar-refractivity contribution < 1.29 is 4.42 Å². The van der Waals surface area contributed by atoms with Gasteiger partial charge in [-0.15, -0.1) is 0 Å². The van der Waals surface area contributed by atoms with Gasteiger partial charge in [0.15, 0.2) is 5.58 Å². The number of pyridine rings is 1. The molecular formula is C47H30N2O. The van der Waals surface area contributed by atoms with Gasteiger partial charge in [-0.2, -0.15) is 0 Å². The lowest BCUT2D eigenvalue weighted by atomic mass is 9.94.